The van der Waals surface area contributed by atoms with Crippen molar-refractivity contribution in [2.45, 2.75) is 98.8 Å². The van der Waals surface area contributed by atoms with Crippen molar-refractivity contribution in [2.75, 3.05) is 0 Å². The lowest BCUT2D eigenvalue weighted by molar-refractivity contribution is -0.143. The Hall–Kier alpha value is -1.83. The highest BCUT2D eigenvalue weighted by Crippen LogP contribution is 2.32. The molecule has 0 spiro atoms. The number of allylic oxidation sites excluding steroid dienone is 1. The summed E-state index contributed by atoms with van der Waals surface area (Å²) in [5.41, 5.74) is 1.94. The number of nitrogens with one attached hydrogen (secondary N) is 1. The number of amides is 1. The van der Waals surface area contributed by atoms with Gasteiger partial charge in [-0.05, 0) is 64.0 Å². The van der Waals surface area contributed by atoms with E-state index >= 15 is 0 Å². The number of Topliss-reactive ketones (excluding diaryl/α,β-unsaturated/α-hetero) is 1. The Balaban J connectivity index is 2.33. The van der Waals surface area contributed by atoms with Crippen LogP contribution in [-0.4, -0.2) is 45.1 Å². The van der Waals surface area contributed by atoms with Crippen LogP contribution in [0.2, 0.25) is 0 Å². The fourth-order valence-corrected chi connectivity index (χ4v) is 5.09. The molecule has 0 aromatic carbocycles. The molecule has 6 nitrogen and oxygen atoms in total. The van der Waals surface area contributed by atoms with Crippen LogP contribution in [0.15, 0.2) is 22.6 Å². The Morgan fingerprint density at radius 3 is 2.53 bits per heavy atom. The molecule has 0 fully saturated rings. The molecule has 3 N–H and O–H groups in total. The fraction of sp³-hybridized carbons (Fsp3) is 0.667. The van der Waals surface area contributed by atoms with E-state index in [4.69, 9.17) is 0 Å². The van der Waals surface area contributed by atoms with Gasteiger partial charge in [-0.25, -0.2) is 4.98 Å². The molecule has 0 aliphatic carbocycles. The first-order valence-electron chi connectivity index (χ1n) is 12.3. The monoisotopic (exact) mass is 490 g/mol. The van der Waals surface area contributed by atoms with Gasteiger partial charge in [0.15, 0.2) is 0 Å². The van der Waals surface area contributed by atoms with Crippen molar-refractivity contribution in [3.05, 3.63) is 33.3 Å². The van der Waals surface area contributed by atoms with Crippen LogP contribution in [0.5, 0.6) is 0 Å². The zero-order valence-corrected chi connectivity index (χ0v) is 22.5. The lowest BCUT2D eigenvalue weighted by atomic mass is 9.73. The predicted molar refractivity (Wildman–Crippen MR) is 138 cm³/mol. The second-order valence-electron chi connectivity index (χ2n) is 10.5. The number of aliphatic hydroxyl groups excluding tert-OH is 2. The molecule has 2 rings (SSSR count). The van der Waals surface area contributed by atoms with Gasteiger partial charge in [0.2, 0.25) is 5.91 Å². The molecule has 1 aliphatic heterocycles. The average molecular weight is 491 g/mol. The quantitative estimate of drug-likeness (QED) is 0.515. The van der Waals surface area contributed by atoms with Crippen LogP contribution in [0, 0.1) is 24.2 Å². The number of carbonyl (C=O) groups excluding carboxylic acids is 2. The van der Waals surface area contributed by atoms with E-state index in [1.165, 1.54) is 5.57 Å². The summed E-state index contributed by atoms with van der Waals surface area (Å²) < 4.78 is 0. The largest absolute Gasteiger partial charge is 0.392 e. The van der Waals surface area contributed by atoms with Gasteiger partial charge < -0.3 is 15.5 Å². The number of aromatic nitrogens is 1. The SMILES string of the molecule is C/C1=C/CC(/C(C)=C/c2csc(C)n2)NC(=O)C[C@H](O)C(C)(C)C(=O)[C@H](C)[C@@H](O)[C@@H](C)CCC1. The molecule has 1 unspecified atom stereocenters. The van der Waals surface area contributed by atoms with Crippen molar-refractivity contribution >= 4 is 29.1 Å². The standard InChI is InChI=1S/C27H42N2O4S/c1-16-9-8-10-17(2)25(32)19(4)26(33)27(6,7)23(30)14-24(31)29-22(12-11-16)18(3)13-21-15-34-20(5)28-21/h11,13,15,17,19,22-23,25,30,32H,8-10,12,14H2,1-7H3,(H,29,31)/b16-11-,18-13+/t17-,19+,22?,23-,25-/m0/s1. The highest BCUT2D eigenvalue weighted by atomic mass is 32.1. The van der Waals surface area contributed by atoms with Gasteiger partial charge in [0.1, 0.15) is 5.78 Å². The molecule has 0 saturated heterocycles. The van der Waals surface area contributed by atoms with Gasteiger partial charge in [0.05, 0.1) is 40.8 Å². The highest BCUT2D eigenvalue weighted by molar-refractivity contribution is 7.09. The second-order valence-corrected chi connectivity index (χ2v) is 11.6. The summed E-state index contributed by atoms with van der Waals surface area (Å²) in [6.45, 7) is 13.0. The van der Waals surface area contributed by atoms with Gasteiger partial charge in [0.25, 0.3) is 0 Å². The molecule has 190 valence electrons. The van der Waals surface area contributed by atoms with Crippen LogP contribution in [0.4, 0.5) is 0 Å². The summed E-state index contributed by atoms with van der Waals surface area (Å²) in [6.07, 6.45) is 5.30. The minimum atomic E-state index is -1.15. The van der Waals surface area contributed by atoms with Crippen LogP contribution >= 0.6 is 11.3 Å². The van der Waals surface area contributed by atoms with E-state index in [2.05, 4.69) is 23.3 Å². The Morgan fingerprint density at radius 1 is 1.24 bits per heavy atom. The Kier molecular flexibility index (Phi) is 10.2. The number of thiazole rings is 1. The maximum Gasteiger partial charge on any atom is 0.223 e. The average Bonchev–Trinajstić information content (AvgIpc) is 3.18. The minimum Gasteiger partial charge on any atom is -0.392 e. The molecular formula is C27H42N2O4S. The predicted octanol–water partition coefficient (Wildman–Crippen LogP) is 4.84. The van der Waals surface area contributed by atoms with E-state index in [0.29, 0.717) is 6.42 Å². The first-order chi connectivity index (χ1) is 15.8. The smallest absolute Gasteiger partial charge is 0.223 e. The topological polar surface area (TPSA) is 99.5 Å². The summed E-state index contributed by atoms with van der Waals surface area (Å²) >= 11 is 1.58. The molecular weight excluding hydrogens is 448 g/mol. The number of aliphatic hydroxyl groups is 2. The van der Waals surface area contributed by atoms with Crippen molar-refractivity contribution in [1.82, 2.24) is 10.3 Å². The van der Waals surface area contributed by atoms with E-state index in [1.807, 2.05) is 32.2 Å². The van der Waals surface area contributed by atoms with E-state index < -0.39 is 23.5 Å². The second kappa shape index (κ2) is 12.2. The molecule has 5 atom stereocenters. The maximum atomic E-state index is 13.2. The molecule has 1 aromatic rings. The van der Waals surface area contributed by atoms with Crippen LogP contribution in [-0.2, 0) is 9.59 Å². The minimum absolute atomic E-state index is 0.0320. The van der Waals surface area contributed by atoms with Gasteiger partial charge in [-0.3, -0.25) is 9.59 Å². The van der Waals surface area contributed by atoms with Crippen molar-refractivity contribution in [1.29, 1.82) is 0 Å². The van der Waals surface area contributed by atoms with E-state index in [-0.39, 0.29) is 30.1 Å². The number of rotatable bonds is 2. The lowest BCUT2D eigenvalue weighted by Gasteiger charge is -2.34. The van der Waals surface area contributed by atoms with Gasteiger partial charge in [-0.1, -0.05) is 39.3 Å². The summed E-state index contributed by atoms with van der Waals surface area (Å²) in [6, 6.07) is -0.233. The summed E-state index contributed by atoms with van der Waals surface area (Å²) in [4.78, 5) is 30.6. The third-order valence-corrected chi connectivity index (χ3v) is 7.98. The van der Waals surface area contributed by atoms with Crippen molar-refractivity contribution in [3.8, 4) is 0 Å². The van der Waals surface area contributed by atoms with Gasteiger partial charge in [-0.15, -0.1) is 11.3 Å². The normalized spacial score (nSPS) is 32.1. The van der Waals surface area contributed by atoms with Crippen LogP contribution in [0.25, 0.3) is 6.08 Å². The number of hydrogen-bond donors (Lipinski definition) is 3. The van der Waals surface area contributed by atoms with E-state index in [1.54, 1.807) is 32.1 Å². The molecule has 2 heterocycles. The third-order valence-electron chi connectivity index (χ3n) is 7.19. The first kappa shape index (κ1) is 28.4. The molecule has 7 heteroatoms. The Bertz CT molecular complexity index is 917. The lowest BCUT2D eigenvalue weighted by Crippen LogP contribution is -2.47. The Labute approximate surface area is 208 Å². The Morgan fingerprint density at radius 2 is 1.91 bits per heavy atom. The first-order valence-corrected chi connectivity index (χ1v) is 13.2. The molecule has 34 heavy (non-hydrogen) atoms. The van der Waals surface area contributed by atoms with E-state index in [9.17, 15) is 19.8 Å². The maximum absolute atomic E-state index is 13.2. The summed E-state index contributed by atoms with van der Waals surface area (Å²) in [5, 5.41) is 27.7. The highest BCUT2D eigenvalue weighted by Gasteiger charge is 2.42. The van der Waals surface area contributed by atoms with Crippen LogP contribution < -0.4 is 5.32 Å². The summed E-state index contributed by atoms with van der Waals surface area (Å²) in [5.74, 6) is -1.18. The number of nitrogens with zero attached hydrogens (tertiary/aromatic N) is 1. The number of aryl methyl sites for hydroxylation is 1. The molecule has 0 bridgehead atoms. The van der Waals surface area contributed by atoms with Gasteiger partial charge in [-0.2, -0.15) is 0 Å². The number of carbonyl (C=O) groups is 2. The molecule has 0 radical (unpaired) electrons. The van der Waals surface area contributed by atoms with Crippen LogP contribution in [0.3, 0.4) is 0 Å². The van der Waals surface area contributed by atoms with Crippen LogP contribution in [0.1, 0.15) is 84.3 Å². The zero-order valence-electron chi connectivity index (χ0n) is 21.7. The van der Waals surface area contributed by atoms with Gasteiger partial charge in [0, 0.05) is 11.3 Å². The third kappa shape index (κ3) is 7.59. The molecule has 1 aliphatic rings. The number of hydrogen-bond acceptors (Lipinski definition) is 6. The molecule has 1 amide bonds. The number of ketones is 1. The molecule has 0 saturated carbocycles. The van der Waals surface area contributed by atoms with Crippen molar-refractivity contribution in [3.63, 3.8) is 0 Å². The van der Waals surface area contributed by atoms with Gasteiger partial charge >= 0.3 is 0 Å². The zero-order chi connectivity index (χ0) is 25.6. The van der Waals surface area contributed by atoms with E-state index in [0.717, 1.165) is 35.5 Å². The van der Waals surface area contributed by atoms with Crippen molar-refractivity contribution < 1.29 is 19.8 Å². The molecule has 1 aromatic heterocycles. The van der Waals surface area contributed by atoms with Crippen molar-refractivity contribution in [2.24, 2.45) is 17.3 Å². The summed E-state index contributed by atoms with van der Waals surface area (Å²) in [7, 11) is 0. The fourth-order valence-electron chi connectivity index (χ4n) is 4.52.